The number of nitrogens with zero attached hydrogens (tertiary/aromatic N) is 1. The fourth-order valence-electron chi connectivity index (χ4n) is 2.75. The lowest BCUT2D eigenvalue weighted by Crippen LogP contribution is -2.52. The topological polar surface area (TPSA) is 32.3 Å². The van der Waals surface area contributed by atoms with E-state index in [1.807, 2.05) is 4.90 Å². The first-order valence-corrected chi connectivity index (χ1v) is 5.85. The Hall–Kier alpha value is -1.35. The highest BCUT2D eigenvalue weighted by atomic mass is 16.2. The molecule has 84 valence electrons. The number of hydrogen-bond donors (Lipinski definition) is 1. The Bertz CT molecular complexity index is 442. The van der Waals surface area contributed by atoms with Gasteiger partial charge in [-0.3, -0.25) is 4.79 Å². The van der Waals surface area contributed by atoms with E-state index in [9.17, 15) is 4.79 Å². The Labute approximate surface area is 95.4 Å². The Morgan fingerprint density at radius 3 is 3.19 bits per heavy atom. The van der Waals surface area contributed by atoms with Crippen molar-refractivity contribution < 1.29 is 4.79 Å². The van der Waals surface area contributed by atoms with Crippen molar-refractivity contribution in [1.82, 2.24) is 10.2 Å². The molecular formula is C13H16N2O. The molecule has 1 fully saturated rings. The minimum atomic E-state index is 0.239. The summed E-state index contributed by atoms with van der Waals surface area (Å²) in [5.74, 6) is 0.239. The molecular weight excluding hydrogens is 200 g/mol. The van der Waals surface area contributed by atoms with Crippen molar-refractivity contribution in [2.75, 3.05) is 19.6 Å². The summed E-state index contributed by atoms with van der Waals surface area (Å²) in [6, 6.07) is 6.85. The van der Waals surface area contributed by atoms with E-state index in [0.29, 0.717) is 6.54 Å². The molecule has 0 radical (unpaired) electrons. The van der Waals surface area contributed by atoms with Crippen LogP contribution in [0.3, 0.4) is 0 Å². The van der Waals surface area contributed by atoms with Crippen molar-refractivity contribution in [2.24, 2.45) is 0 Å². The predicted octanol–water partition coefficient (Wildman–Crippen LogP) is 1.02. The number of fused-ring (bicyclic) bond motifs is 3. The number of amides is 1. The molecule has 2 heterocycles. The van der Waals surface area contributed by atoms with Gasteiger partial charge in [-0.1, -0.05) is 23.8 Å². The molecule has 0 saturated carbocycles. The van der Waals surface area contributed by atoms with Crippen LogP contribution in [-0.2, 0) is 11.2 Å². The predicted molar refractivity (Wildman–Crippen MR) is 62.2 cm³/mol. The SMILES string of the molecule is Cc1ccc2c(c1)C1CNCC(=O)N1CC2. The zero-order valence-electron chi connectivity index (χ0n) is 9.49. The van der Waals surface area contributed by atoms with Crippen LogP contribution in [0.4, 0.5) is 0 Å². The van der Waals surface area contributed by atoms with Crippen LogP contribution in [0.2, 0.25) is 0 Å². The van der Waals surface area contributed by atoms with Gasteiger partial charge >= 0.3 is 0 Å². The summed E-state index contributed by atoms with van der Waals surface area (Å²) >= 11 is 0. The molecule has 2 aliphatic rings. The van der Waals surface area contributed by atoms with Crippen LogP contribution in [0.5, 0.6) is 0 Å². The fraction of sp³-hybridized carbons (Fsp3) is 0.462. The van der Waals surface area contributed by atoms with E-state index in [0.717, 1.165) is 19.5 Å². The third-order valence-electron chi connectivity index (χ3n) is 3.59. The van der Waals surface area contributed by atoms with Crippen molar-refractivity contribution in [3.05, 3.63) is 34.9 Å². The summed E-state index contributed by atoms with van der Waals surface area (Å²) in [5.41, 5.74) is 4.02. The number of rotatable bonds is 0. The first-order valence-electron chi connectivity index (χ1n) is 5.85. The molecule has 1 atom stereocenters. The first-order chi connectivity index (χ1) is 7.75. The number of carbonyl (C=O) groups excluding carboxylic acids is 1. The number of carbonyl (C=O) groups is 1. The molecule has 1 saturated heterocycles. The highest BCUT2D eigenvalue weighted by Crippen LogP contribution is 2.31. The summed E-state index contributed by atoms with van der Waals surface area (Å²) < 4.78 is 0. The lowest BCUT2D eigenvalue weighted by Gasteiger charge is -2.40. The second kappa shape index (κ2) is 3.59. The van der Waals surface area contributed by atoms with E-state index >= 15 is 0 Å². The molecule has 1 N–H and O–H groups in total. The van der Waals surface area contributed by atoms with E-state index in [2.05, 4.69) is 30.4 Å². The Balaban J connectivity index is 2.04. The van der Waals surface area contributed by atoms with Crippen LogP contribution >= 0.6 is 0 Å². The third-order valence-corrected chi connectivity index (χ3v) is 3.59. The Kier molecular flexibility index (Phi) is 2.21. The molecule has 16 heavy (non-hydrogen) atoms. The maximum Gasteiger partial charge on any atom is 0.237 e. The van der Waals surface area contributed by atoms with Crippen molar-refractivity contribution in [3.8, 4) is 0 Å². The van der Waals surface area contributed by atoms with Gasteiger partial charge in [-0.25, -0.2) is 0 Å². The van der Waals surface area contributed by atoms with Crippen molar-refractivity contribution in [3.63, 3.8) is 0 Å². The third kappa shape index (κ3) is 1.43. The van der Waals surface area contributed by atoms with Crippen LogP contribution in [0.15, 0.2) is 18.2 Å². The largest absolute Gasteiger partial charge is 0.333 e. The van der Waals surface area contributed by atoms with Crippen molar-refractivity contribution in [1.29, 1.82) is 0 Å². The zero-order chi connectivity index (χ0) is 11.1. The smallest absolute Gasteiger partial charge is 0.237 e. The molecule has 0 bridgehead atoms. The van der Waals surface area contributed by atoms with Gasteiger partial charge in [-0.2, -0.15) is 0 Å². The summed E-state index contributed by atoms with van der Waals surface area (Å²) in [5, 5.41) is 3.20. The zero-order valence-corrected chi connectivity index (χ0v) is 9.49. The molecule has 1 unspecified atom stereocenters. The second-order valence-electron chi connectivity index (χ2n) is 4.69. The van der Waals surface area contributed by atoms with Crippen LogP contribution in [0.25, 0.3) is 0 Å². The quantitative estimate of drug-likeness (QED) is 0.702. The van der Waals surface area contributed by atoms with Crippen LogP contribution in [0.1, 0.15) is 22.7 Å². The minimum absolute atomic E-state index is 0.239. The second-order valence-corrected chi connectivity index (χ2v) is 4.69. The van der Waals surface area contributed by atoms with Gasteiger partial charge in [0.2, 0.25) is 5.91 Å². The van der Waals surface area contributed by atoms with Gasteiger partial charge in [0, 0.05) is 13.1 Å². The van der Waals surface area contributed by atoms with Gasteiger partial charge in [0.15, 0.2) is 0 Å². The molecule has 3 nitrogen and oxygen atoms in total. The standard InChI is InChI=1S/C13H16N2O/c1-9-2-3-10-4-5-15-12(11(10)6-9)7-14-8-13(15)16/h2-3,6,12,14H,4-5,7-8H2,1H3. The Morgan fingerprint density at radius 1 is 1.44 bits per heavy atom. The maximum atomic E-state index is 11.8. The number of hydrogen-bond acceptors (Lipinski definition) is 2. The number of nitrogens with one attached hydrogen (secondary N) is 1. The fourth-order valence-corrected chi connectivity index (χ4v) is 2.75. The van der Waals surface area contributed by atoms with Crippen LogP contribution in [-0.4, -0.2) is 30.4 Å². The molecule has 1 aromatic rings. The van der Waals surface area contributed by atoms with Crippen LogP contribution < -0.4 is 5.32 Å². The maximum absolute atomic E-state index is 11.8. The van der Waals surface area contributed by atoms with Gasteiger partial charge in [0.1, 0.15) is 0 Å². The number of aryl methyl sites for hydroxylation is 1. The normalized spacial score (nSPS) is 23.9. The minimum Gasteiger partial charge on any atom is -0.333 e. The number of benzene rings is 1. The highest BCUT2D eigenvalue weighted by Gasteiger charge is 2.33. The van der Waals surface area contributed by atoms with E-state index in [-0.39, 0.29) is 11.9 Å². The molecule has 0 aromatic heterocycles. The van der Waals surface area contributed by atoms with Crippen LogP contribution in [0, 0.1) is 6.92 Å². The molecule has 3 rings (SSSR count). The van der Waals surface area contributed by atoms with Gasteiger partial charge < -0.3 is 10.2 Å². The lowest BCUT2D eigenvalue weighted by atomic mass is 9.90. The molecule has 3 heteroatoms. The van der Waals surface area contributed by atoms with E-state index in [4.69, 9.17) is 0 Å². The van der Waals surface area contributed by atoms with Crippen molar-refractivity contribution >= 4 is 5.91 Å². The molecule has 1 aromatic carbocycles. The van der Waals surface area contributed by atoms with E-state index in [1.165, 1.54) is 16.7 Å². The first kappa shape index (κ1) is 9.85. The van der Waals surface area contributed by atoms with Gasteiger partial charge in [0.05, 0.1) is 12.6 Å². The van der Waals surface area contributed by atoms with Gasteiger partial charge in [-0.05, 0) is 24.5 Å². The average Bonchev–Trinajstić information content (AvgIpc) is 2.29. The monoisotopic (exact) mass is 216 g/mol. The summed E-state index contributed by atoms with van der Waals surface area (Å²) in [7, 11) is 0. The molecule has 2 aliphatic heterocycles. The average molecular weight is 216 g/mol. The van der Waals surface area contributed by atoms with Gasteiger partial charge in [0.25, 0.3) is 0 Å². The lowest BCUT2D eigenvalue weighted by molar-refractivity contribution is -0.135. The Morgan fingerprint density at radius 2 is 2.31 bits per heavy atom. The molecule has 0 spiro atoms. The molecule has 1 amide bonds. The van der Waals surface area contributed by atoms with E-state index in [1.54, 1.807) is 0 Å². The number of piperazine rings is 1. The van der Waals surface area contributed by atoms with E-state index < -0.39 is 0 Å². The van der Waals surface area contributed by atoms with Crippen molar-refractivity contribution in [2.45, 2.75) is 19.4 Å². The van der Waals surface area contributed by atoms with Gasteiger partial charge in [-0.15, -0.1) is 0 Å². The highest BCUT2D eigenvalue weighted by molar-refractivity contribution is 5.80. The summed E-state index contributed by atoms with van der Waals surface area (Å²) in [6.07, 6.45) is 0.998. The summed E-state index contributed by atoms with van der Waals surface area (Å²) in [4.78, 5) is 13.8. The molecule has 0 aliphatic carbocycles. The summed E-state index contributed by atoms with van der Waals surface area (Å²) in [6.45, 7) is 4.37.